The number of nitrogens with zero attached hydrogens (tertiary/aromatic N) is 3. The van der Waals surface area contributed by atoms with Gasteiger partial charge in [0.15, 0.2) is 16.7 Å². The molecule has 1 aromatic carbocycles. The van der Waals surface area contributed by atoms with Gasteiger partial charge in [0, 0.05) is 12.6 Å². The zero-order valence-electron chi connectivity index (χ0n) is 15.6. The van der Waals surface area contributed by atoms with Gasteiger partial charge in [-0.1, -0.05) is 11.8 Å². The summed E-state index contributed by atoms with van der Waals surface area (Å²) in [5.74, 6) is 1.79. The first kappa shape index (κ1) is 19.9. The van der Waals surface area contributed by atoms with E-state index in [0.717, 1.165) is 10.7 Å². The summed E-state index contributed by atoms with van der Waals surface area (Å²) in [6, 6.07) is 3.86. The molecule has 1 N–H and O–H groups in total. The number of benzene rings is 1. The first-order valence-electron chi connectivity index (χ1n) is 8.08. The van der Waals surface area contributed by atoms with Gasteiger partial charge < -0.3 is 24.1 Å². The Morgan fingerprint density at radius 2 is 1.85 bits per heavy atom. The molecule has 0 saturated heterocycles. The Morgan fingerprint density at radius 1 is 1.19 bits per heavy atom. The number of carbonyl (C=O) groups is 1. The van der Waals surface area contributed by atoms with E-state index >= 15 is 0 Å². The van der Waals surface area contributed by atoms with Crippen molar-refractivity contribution in [2.24, 2.45) is 0 Å². The molecule has 1 aromatic heterocycles. The Kier molecular flexibility index (Phi) is 7.14. The number of hydrogen-bond donors (Lipinski definition) is 1. The van der Waals surface area contributed by atoms with Crippen molar-refractivity contribution in [3.05, 3.63) is 24.0 Å². The molecule has 0 radical (unpaired) electrons. The first-order chi connectivity index (χ1) is 12.5. The van der Waals surface area contributed by atoms with Crippen molar-refractivity contribution in [2.75, 3.05) is 27.1 Å². The van der Waals surface area contributed by atoms with Crippen LogP contribution in [0.5, 0.6) is 17.2 Å². The van der Waals surface area contributed by atoms with E-state index in [4.69, 9.17) is 14.2 Å². The predicted octanol–water partition coefficient (Wildman–Crippen LogP) is 2.29. The van der Waals surface area contributed by atoms with Crippen LogP contribution in [-0.4, -0.2) is 47.8 Å². The normalized spacial score (nSPS) is 10.7. The predicted molar refractivity (Wildman–Crippen MR) is 99.1 cm³/mol. The van der Waals surface area contributed by atoms with E-state index in [2.05, 4.69) is 15.5 Å². The number of nitrogens with one attached hydrogen (secondary N) is 1. The molecule has 26 heavy (non-hydrogen) atoms. The lowest BCUT2D eigenvalue weighted by Gasteiger charge is -2.14. The summed E-state index contributed by atoms with van der Waals surface area (Å²) in [4.78, 5) is 12.1. The largest absolute Gasteiger partial charge is 0.493 e. The van der Waals surface area contributed by atoms with Gasteiger partial charge in [-0.3, -0.25) is 4.79 Å². The number of ether oxygens (including phenoxy) is 3. The van der Waals surface area contributed by atoms with Crippen LogP contribution in [0.2, 0.25) is 0 Å². The fourth-order valence-corrected chi connectivity index (χ4v) is 3.18. The third-order valence-corrected chi connectivity index (χ3v) is 4.60. The summed E-state index contributed by atoms with van der Waals surface area (Å²) >= 11 is 1.35. The summed E-state index contributed by atoms with van der Waals surface area (Å²) in [6.45, 7) is 4.43. The van der Waals surface area contributed by atoms with Crippen LogP contribution in [0.1, 0.15) is 25.5 Å². The first-order valence-corrected chi connectivity index (χ1v) is 9.06. The molecule has 9 heteroatoms. The van der Waals surface area contributed by atoms with Crippen LogP contribution in [0, 0.1) is 0 Å². The molecule has 1 amide bonds. The molecule has 0 bridgehead atoms. The zero-order chi connectivity index (χ0) is 19.1. The topological polar surface area (TPSA) is 87.5 Å². The maximum Gasteiger partial charge on any atom is 0.230 e. The molecule has 1 heterocycles. The maximum absolute atomic E-state index is 12.1. The average Bonchev–Trinajstić information content (AvgIpc) is 3.12. The molecule has 0 aliphatic carbocycles. The van der Waals surface area contributed by atoms with Gasteiger partial charge in [-0.2, -0.15) is 0 Å². The van der Waals surface area contributed by atoms with E-state index in [1.807, 2.05) is 30.5 Å². The van der Waals surface area contributed by atoms with Gasteiger partial charge in [-0.15, -0.1) is 10.2 Å². The smallest absolute Gasteiger partial charge is 0.230 e. The zero-order valence-corrected chi connectivity index (χ0v) is 16.4. The number of hydrogen-bond acceptors (Lipinski definition) is 7. The minimum absolute atomic E-state index is 0.0953. The summed E-state index contributed by atoms with van der Waals surface area (Å²) in [6.07, 6.45) is 1.67. The fourth-order valence-electron chi connectivity index (χ4n) is 2.31. The molecular weight excluding hydrogens is 356 g/mol. The molecule has 0 spiro atoms. The SMILES string of the molecule is COc1cc(CNC(=O)CSc2nncn2C(C)C)cc(OC)c1OC. The quantitative estimate of drug-likeness (QED) is 0.668. The Hall–Kier alpha value is -2.42. The molecule has 0 saturated carbocycles. The molecule has 0 aliphatic rings. The van der Waals surface area contributed by atoms with Crippen LogP contribution >= 0.6 is 11.8 Å². The summed E-state index contributed by atoms with van der Waals surface area (Å²) in [5, 5.41) is 11.5. The van der Waals surface area contributed by atoms with Crippen LogP contribution in [0.15, 0.2) is 23.6 Å². The number of thioether (sulfide) groups is 1. The van der Waals surface area contributed by atoms with Gasteiger partial charge >= 0.3 is 0 Å². The lowest BCUT2D eigenvalue weighted by molar-refractivity contribution is -0.118. The third-order valence-electron chi connectivity index (χ3n) is 3.64. The van der Waals surface area contributed by atoms with E-state index in [9.17, 15) is 4.79 Å². The van der Waals surface area contributed by atoms with Crippen molar-refractivity contribution in [1.29, 1.82) is 0 Å². The molecule has 142 valence electrons. The second-order valence-corrected chi connectivity index (χ2v) is 6.66. The number of carbonyl (C=O) groups excluding carboxylic acids is 1. The minimum atomic E-state index is -0.0953. The minimum Gasteiger partial charge on any atom is -0.493 e. The molecule has 0 aliphatic heterocycles. The molecule has 0 atom stereocenters. The van der Waals surface area contributed by atoms with Gasteiger partial charge in [0.25, 0.3) is 0 Å². The van der Waals surface area contributed by atoms with Crippen molar-refractivity contribution < 1.29 is 19.0 Å². The van der Waals surface area contributed by atoms with Crippen LogP contribution in [0.4, 0.5) is 0 Å². The van der Waals surface area contributed by atoms with Crippen LogP contribution in [-0.2, 0) is 11.3 Å². The van der Waals surface area contributed by atoms with Crippen molar-refractivity contribution in [1.82, 2.24) is 20.1 Å². The summed E-state index contributed by atoms with van der Waals surface area (Å²) in [7, 11) is 4.66. The van der Waals surface area contributed by atoms with E-state index < -0.39 is 0 Å². The molecule has 2 rings (SSSR count). The lowest BCUT2D eigenvalue weighted by Crippen LogP contribution is -2.24. The van der Waals surface area contributed by atoms with Crippen molar-refractivity contribution in [3.8, 4) is 17.2 Å². The van der Waals surface area contributed by atoms with Crippen molar-refractivity contribution in [3.63, 3.8) is 0 Å². The van der Waals surface area contributed by atoms with E-state index in [1.165, 1.54) is 11.8 Å². The highest BCUT2D eigenvalue weighted by atomic mass is 32.2. The fraction of sp³-hybridized carbons (Fsp3) is 0.471. The van der Waals surface area contributed by atoms with Crippen molar-refractivity contribution in [2.45, 2.75) is 31.6 Å². The number of amides is 1. The van der Waals surface area contributed by atoms with Crippen molar-refractivity contribution >= 4 is 17.7 Å². The maximum atomic E-state index is 12.1. The third kappa shape index (κ3) is 4.81. The number of rotatable bonds is 9. The summed E-state index contributed by atoms with van der Waals surface area (Å²) < 4.78 is 17.9. The van der Waals surface area contributed by atoms with Gasteiger partial charge in [0.05, 0.1) is 27.1 Å². The van der Waals surface area contributed by atoms with Gasteiger partial charge in [-0.05, 0) is 31.5 Å². The standard InChI is InChI=1S/C17H24N4O4S/c1-11(2)21-10-19-20-17(21)26-9-15(22)18-8-12-6-13(23-3)16(25-5)14(7-12)24-4/h6-7,10-11H,8-9H2,1-5H3,(H,18,22). The second kappa shape index (κ2) is 9.33. The highest BCUT2D eigenvalue weighted by Crippen LogP contribution is 2.38. The van der Waals surface area contributed by atoms with E-state index in [-0.39, 0.29) is 17.7 Å². The van der Waals surface area contributed by atoms with E-state index in [0.29, 0.717) is 23.8 Å². The lowest BCUT2D eigenvalue weighted by atomic mass is 10.2. The molecular formula is C17H24N4O4S. The van der Waals surface area contributed by atoms with Crippen LogP contribution < -0.4 is 19.5 Å². The van der Waals surface area contributed by atoms with Crippen LogP contribution in [0.3, 0.4) is 0 Å². The summed E-state index contributed by atoms with van der Waals surface area (Å²) in [5.41, 5.74) is 0.850. The molecule has 0 unspecified atom stereocenters. The van der Waals surface area contributed by atoms with Crippen LogP contribution in [0.25, 0.3) is 0 Å². The average molecular weight is 380 g/mol. The molecule has 0 fully saturated rings. The number of aromatic nitrogens is 3. The second-order valence-electron chi connectivity index (χ2n) is 5.71. The Labute approximate surface area is 157 Å². The monoisotopic (exact) mass is 380 g/mol. The van der Waals surface area contributed by atoms with E-state index in [1.54, 1.807) is 27.7 Å². The Balaban J connectivity index is 1.95. The molecule has 2 aromatic rings. The Bertz CT molecular complexity index is 723. The van der Waals surface area contributed by atoms with Gasteiger partial charge in [0.1, 0.15) is 6.33 Å². The van der Waals surface area contributed by atoms with Gasteiger partial charge in [-0.25, -0.2) is 0 Å². The number of methoxy groups -OCH3 is 3. The molecule has 8 nitrogen and oxygen atoms in total. The van der Waals surface area contributed by atoms with Gasteiger partial charge in [0.2, 0.25) is 11.7 Å². The highest BCUT2D eigenvalue weighted by molar-refractivity contribution is 7.99. The Morgan fingerprint density at radius 3 is 2.38 bits per heavy atom. The highest BCUT2D eigenvalue weighted by Gasteiger charge is 2.14.